The molecule has 326 valence electrons. The average molecular weight is 841 g/mol. The highest BCUT2D eigenvalue weighted by Crippen LogP contribution is 2.29. The van der Waals surface area contributed by atoms with E-state index in [1.54, 1.807) is 99.8 Å². The Hall–Kier alpha value is -6.26. The van der Waals surface area contributed by atoms with E-state index in [9.17, 15) is 39.0 Å². The molecule has 7 N–H and O–H groups in total. The second kappa shape index (κ2) is 20.8. The van der Waals surface area contributed by atoms with E-state index >= 15 is 0 Å². The fourth-order valence-electron chi connectivity index (χ4n) is 7.32. The first kappa shape index (κ1) is 45.8. The summed E-state index contributed by atoms with van der Waals surface area (Å²) in [6, 6.07) is 15.2. The van der Waals surface area contributed by atoms with Crippen LogP contribution in [0.5, 0.6) is 5.75 Å². The Kier molecular flexibility index (Phi) is 15.6. The van der Waals surface area contributed by atoms with Crippen molar-refractivity contribution in [2.45, 2.75) is 89.4 Å². The highest BCUT2D eigenvalue weighted by molar-refractivity contribution is 5.97. The first-order valence-electron chi connectivity index (χ1n) is 20.4. The van der Waals surface area contributed by atoms with E-state index in [0.29, 0.717) is 34.4 Å². The Labute approximate surface area is 354 Å². The Morgan fingerprint density at radius 1 is 0.918 bits per heavy atom. The van der Waals surface area contributed by atoms with Gasteiger partial charge < -0.3 is 50.8 Å². The second-order valence-corrected chi connectivity index (χ2v) is 15.6. The molecular weight excluding hydrogens is 785 g/mol. The minimum absolute atomic E-state index is 0.0526. The number of esters is 1. The summed E-state index contributed by atoms with van der Waals surface area (Å²) in [4.78, 5) is 89.7. The molecule has 1 aliphatic rings. The molecule has 0 unspecified atom stereocenters. The van der Waals surface area contributed by atoms with Crippen molar-refractivity contribution in [1.29, 1.82) is 0 Å². The number of para-hydroxylation sites is 1. The summed E-state index contributed by atoms with van der Waals surface area (Å²) in [6.07, 6.45) is -1.42. The number of hydrogen-bond acceptors (Lipinski definition) is 10. The lowest BCUT2D eigenvalue weighted by atomic mass is 9.93. The van der Waals surface area contributed by atoms with Crippen molar-refractivity contribution in [3.63, 3.8) is 0 Å². The zero-order valence-electron chi connectivity index (χ0n) is 35.2. The van der Waals surface area contributed by atoms with Crippen LogP contribution in [-0.4, -0.2) is 107 Å². The molecule has 5 amide bonds. The fourth-order valence-corrected chi connectivity index (χ4v) is 7.32. The van der Waals surface area contributed by atoms with Crippen LogP contribution >= 0.6 is 0 Å². The Balaban J connectivity index is 1.65. The summed E-state index contributed by atoms with van der Waals surface area (Å²) < 4.78 is 11.5. The van der Waals surface area contributed by atoms with Crippen molar-refractivity contribution in [3.05, 3.63) is 102 Å². The van der Waals surface area contributed by atoms with E-state index in [1.807, 2.05) is 6.07 Å². The Bertz CT molecular complexity index is 2160. The highest BCUT2D eigenvalue weighted by Gasteiger charge is 2.43. The zero-order chi connectivity index (χ0) is 44.4. The number of H-pyrrole nitrogens is 1. The molecule has 1 fully saturated rings. The molecule has 5 rings (SSSR count). The third-order valence-corrected chi connectivity index (χ3v) is 11.1. The molecule has 4 aromatic rings. The number of likely N-dealkylation sites (N-methyl/N-ethyl adjacent to an activating group) is 1. The van der Waals surface area contributed by atoms with Crippen molar-refractivity contribution in [2.24, 2.45) is 11.8 Å². The topological polar surface area (TPSA) is 228 Å². The van der Waals surface area contributed by atoms with Crippen molar-refractivity contribution in [1.82, 2.24) is 31.2 Å². The van der Waals surface area contributed by atoms with Gasteiger partial charge in [0.2, 0.25) is 29.5 Å². The molecule has 0 aliphatic carbocycles. The van der Waals surface area contributed by atoms with Crippen LogP contribution in [0.25, 0.3) is 10.9 Å². The van der Waals surface area contributed by atoms with Gasteiger partial charge in [-0.3, -0.25) is 28.8 Å². The van der Waals surface area contributed by atoms with E-state index in [4.69, 9.17) is 9.47 Å². The standard InChI is InChI=1S/C45H56N6O10/c1-7-25(2)35-45(59)51(5)38(39(54)28-15-10-8-11-16-28)44(58)48-32(22-30-23-46-36-31(30)19-14-20-33(36)60-6)42(56)47-27(4)21-34(53)61-40(29-17-12-9-13-18-29)37(43(57)49-35)50-41(55)26(3)24-52/h8-20,23,25-27,32,35,37-40,46,52,54H,7,21-22,24H2,1-6H3,(H,47,56)(H,48,58)(H,49,57)(H,50,55)/t25-,26-,27-,32+,35-,37-,38-,39-,40+/m0/s1. The van der Waals surface area contributed by atoms with Crippen molar-refractivity contribution >= 4 is 46.4 Å². The van der Waals surface area contributed by atoms with Crippen LogP contribution in [0, 0.1) is 11.8 Å². The summed E-state index contributed by atoms with van der Waals surface area (Å²) in [7, 11) is 2.86. The minimum atomic E-state index is -1.63. The summed E-state index contributed by atoms with van der Waals surface area (Å²) in [5, 5.41) is 33.5. The van der Waals surface area contributed by atoms with Gasteiger partial charge in [0.05, 0.1) is 31.6 Å². The van der Waals surface area contributed by atoms with Gasteiger partial charge in [-0.15, -0.1) is 0 Å². The smallest absolute Gasteiger partial charge is 0.308 e. The number of benzene rings is 3. The molecule has 0 radical (unpaired) electrons. The van der Waals surface area contributed by atoms with E-state index in [2.05, 4.69) is 26.3 Å². The predicted molar refractivity (Wildman–Crippen MR) is 226 cm³/mol. The summed E-state index contributed by atoms with van der Waals surface area (Å²) in [6.45, 7) is 5.99. The molecule has 1 aromatic heterocycles. The Morgan fingerprint density at radius 3 is 2.23 bits per heavy atom. The first-order valence-corrected chi connectivity index (χ1v) is 20.4. The van der Waals surface area contributed by atoms with E-state index in [1.165, 1.54) is 21.1 Å². The van der Waals surface area contributed by atoms with Gasteiger partial charge in [0.25, 0.3) is 0 Å². The van der Waals surface area contributed by atoms with Crippen molar-refractivity contribution in [3.8, 4) is 5.75 Å². The maximum Gasteiger partial charge on any atom is 0.308 e. The van der Waals surface area contributed by atoms with Gasteiger partial charge >= 0.3 is 5.97 Å². The third kappa shape index (κ3) is 10.9. The molecule has 3 aromatic carbocycles. The molecule has 1 saturated heterocycles. The number of nitrogens with zero attached hydrogens (tertiary/aromatic N) is 1. The molecule has 16 heteroatoms. The largest absolute Gasteiger partial charge is 0.495 e. The Morgan fingerprint density at radius 2 is 1.59 bits per heavy atom. The number of aliphatic hydroxyl groups excluding tert-OH is 2. The van der Waals surface area contributed by atoms with Crippen LogP contribution in [0.2, 0.25) is 0 Å². The number of ether oxygens (including phenoxy) is 2. The number of rotatable bonds is 11. The van der Waals surface area contributed by atoms with Crippen LogP contribution in [0.1, 0.15) is 69.4 Å². The molecule has 61 heavy (non-hydrogen) atoms. The summed E-state index contributed by atoms with van der Waals surface area (Å²) in [5.74, 6) is -5.73. The normalized spacial score (nSPS) is 23.7. The van der Waals surface area contributed by atoms with Gasteiger partial charge in [0.1, 0.15) is 36.0 Å². The highest BCUT2D eigenvalue weighted by atomic mass is 16.5. The number of carbonyl (C=O) groups is 6. The lowest BCUT2D eigenvalue weighted by Crippen LogP contribution is -2.62. The van der Waals surface area contributed by atoms with E-state index in [0.717, 1.165) is 10.3 Å². The number of amides is 5. The van der Waals surface area contributed by atoms with Crippen LogP contribution in [0.15, 0.2) is 85.1 Å². The number of hydrogen-bond donors (Lipinski definition) is 7. The number of cyclic esters (lactones) is 1. The van der Waals surface area contributed by atoms with Gasteiger partial charge in [0, 0.05) is 31.1 Å². The number of fused-ring (bicyclic) bond motifs is 1. The van der Waals surface area contributed by atoms with Gasteiger partial charge in [-0.25, -0.2) is 0 Å². The van der Waals surface area contributed by atoms with Crippen LogP contribution in [0.3, 0.4) is 0 Å². The molecule has 16 nitrogen and oxygen atoms in total. The lowest BCUT2D eigenvalue weighted by Gasteiger charge is -2.36. The number of carbonyl (C=O) groups excluding carboxylic acids is 6. The fraction of sp³-hybridized carbons (Fsp3) is 0.422. The van der Waals surface area contributed by atoms with Gasteiger partial charge in [0.15, 0.2) is 6.10 Å². The quantitative estimate of drug-likeness (QED) is 0.109. The molecule has 0 saturated carbocycles. The predicted octanol–water partition coefficient (Wildman–Crippen LogP) is 2.60. The second-order valence-electron chi connectivity index (χ2n) is 15.6. The van der Waals surface area contributed by atoms with Crippen LogP contribution in [0.4, 0.5) is 0 Å². The van der Waals surface area contributed by atoms with Crippen LogP contribution in [-0.2, 0) is 39.9 Å². The molecule has 2 heterocycles. The number of aromatic amines is 1. The maximum atomic E-state index is 14.8. The SMILES string of the molecule is CC[C@H](C)[C@@H]1NC(=O)[C@@H](NC(=O)[C@@H](C)CO)[C@@H](c2ccccc2)OC(=O)C[C@H](C)NC(=O)[C@@H](Cc2c[nH]c3c(OC)cccc23)NC(=O)[C@H]([C@@H](O)c2ccccc2)N(C)C1=O. The monoisotopic (exact) mass is 840 g/mol. The van der Waals surface area contributed by atoms with Gasteiger partial charge in [-0.1, -0.05) is 100.0 Å². The van der Waals surface area contributed by atoms with E-state index in [-0.39, 0.29) is 12.8 Å². The van der Waals surface area contributed by atoms with Crippen molar-refractivity contribution in [2.75, 3.05) is 20.8 Å². The number of nitrogens with one attached hydrogen (secondary N) is 5. The van der Waals surface area contributed by atoms with Crippen LogP contribution < -0.4 is 26.0 Å². The molecular formula is C45H56N6O10. The lowest BCUT2D eigenvalue weighted by molar-refractivity contribution is -0.155. The summed E-state index contributed by atoms with van der Waals surface area (Å²) >= 11 is 0. The molecule has 9 atom stereocenters. The molecule has 1 aliphatic heterocycles. The summed E-state index contributed by atoms with van der Waals surface area (Å²) in [5.41, 5.74) is 1.95. The third-order valence-electron chi connectivity index (χ3n) is 11.1. The molecule has 0 bridgehead atoms. The maximum absolute atomic E-state index is 14.8. The van der Waals surface area contributed by atoms with E-state index < -0.39 is 96.4 Å². The average Bonchev–Trinajstić information content (AvgIpc) is 3.68. The number of aliphatic hydroxyl groups is 2. The molecule has 0 spiro atoms. The zero-order valence-corrected chi connectivity index (χ0v) is 35.2. The van der Waals surface area contributed by atoms with Crippen molar-refractivity contribution < 1.29 is 48.5 Å². The minimum Gasteiger partial charge on any atom is -0.495 e. The number of methoxy groups -OCH3 is 1. The first-order chi connectivity index (χ1) is 29.2. The number of aromatic nitrogens is 1. The van der Waals surface area contributed by atoms with Gasteiger partial charge in [-0.2, -0.15) is 0 Å². The van der Waals surface area contributed by atoms with Gasteiger partial charge in [-0.05, 0) is 35.6 Å².